The number of rotatable bonds is 5. The fraction of sp³-hybridized carbons (Fsp3) is 1.00. The molecule has 1 fully saturated rings. The van der Waals surface area contributed by atoms with E-state index in [1.54, 1.807) is 7.11 Å². The summed E-state index contributed by atoms with van der Waals surface area (Å²) in [6.07, 6.45) is 1.24. The van der Waals surface area contributed by atoms with Crippen LogP contribution in [0.15, 0.2) is 0 Å². The van der Waals surface area contributed by atoms with E-state index >= 15 is 0 Å². The third-order valence-corrected chi connectivity index (χ3v) is 2.66. The van der Waals surface area contributed by atoms with Gasteiger partial charge >= 0.3 is 0 Å². The first kappa shape index (κ1) is 11.0. The van der Waals surface area contributed by atoms with Gasteiger partial charge in [-0.05, 0) is 18.9 Å². The Morgan fingerprint density at radius 1 is 1.54 bits per heavy atom. The van der Waals surface area contributed by atoms with Crippen LogP contribution in [0.1, 0.15) is 20.3 Å². The average Bonchev–Trinajstić information content (AvgIpc) is 2.56. The molecule has 0 saturated carbocycles. The second-order valence-electron chi connectivity index (χ2n) is 4.16. The first-order chi connectivity index (χ1) is 6.24. The molecule has 0 amide bonds. The van der Waals surface area contributed by atoms with Gasteiger partial charge in [0.1, 0.15) is 0 Å². The number of methoxy groups -OCH3 is 1. The van der Waals surface area contributed by atoms with Crippen molar-refractivity contribution < 1.29 is 4.74 Å². The highest BCUT2D eigenvalue weighted by molar-refractivity contribution is 4.82. The molecule has 0 aromatic carbocycles. The summed E-state index contributed by atoms with van der Waals surface area (Å²) in [5, 5.41) is 6.98. The van der Waals surface area contributed by atoms with Gasteiger partial charge in [-0.2, -0.15) is 0 Å². The molecule has 2 unspecified atom stereocenters. The quantitative estimate of drug-likeness (QED) is 0.660. The summed E-state index contributed by atoms with van der Waals surface area (Å²) >= 11 is 0. The highest BCUT2D eigenvalue weighted by Gasteiger charge is 2.20. The molecule has 3 heteroatoms. The van der Waals surface area contributed by atoms with Crippen molar-refractivity contribution in [1.82, 2.24) is 10.6 Å². The molecular weight excluding hydrogens is 164 g/mol. The normalized spacial score (nSPS) is 25.4. The standard InChI is InChI=1S/C10H22N2O/c1-8(2)10(7-13-3)12-9-4-5-11-6-9/h8-12H,4-7H2,1-3H3. The van der Waals surface area contributed by atoms with Gasteiger partial charge in [0.05, 0.1) is 6.61 Å². The van der Waals surface area contributed by atoms with E-state index in [1.165, 1.54) is 6.42 Å². The molecule has 0 aliphatic carbocycles. The third-order valence-electron chi connectivity index (χ3n) is 2.66. The Bertz CT molecular complexity index is 133. The Labute approximate surface area is 81.2 Å². The molecule has 3 nitrogen and oxygen atoms in total. The molecular formula is C10H22N2O. The third kappa shape index (κ3) is 3.63. The van der Waals surface area contributed by atoms with Gasteiger partial charge in [0, 0.05) is 25.7 Å². The number of nitrogens with one attached hydrogen (secondary N) is 2. The van der Waals surface area contributed by atoms with Crippen LogP contribution in [0.3, 0.4) is 0 Å². The van der Waals surface area contributed by atoms with Crippen LogP contribution in [0.25, 0.3) is 0 Å². The van der Waals surface area contributed by atoms with Crippen molar-refractivity contribution in [2.24, 2.45) is 5.92 Å². The van der Waals surface area contributed by atoms with Crippen molar-refractivity contribution in [2.75, 3.05) is 26.8 Å². The molecule has 0 aromatic heterocycles. The fourth-order valence-electron chi connectivity index (χ4n) is 1.71. The van der Waals surface area contributed by atoms with Crippen LogP contribution in [0, 0.1) is 5.92 Å². The van der Waals surface area contributed by atoms with E-state index < -0.39 is 0 Å². The monoisotopic (exact) mass is 186 g/mol. The van der Waals surface area contributed by atoms with E-state index in [0.29, 0.717) is 18.0 Å². The van der Waals surface area contributed by atoms with Crippen LogP contribution in [0.2, 0.25) is 0 Å². The molecule has 1 heterocycles. The minimum Gasteiger partial charge on any atom is -0.383 e. The zero-order valence-electron chi connectivity index (χ0n) is 8.97. The molecule has 2 N–H and O–H groups in total. The summed E-state index contributed by atoms with van der Waals surface area (Å²) in [5.74, 6) is 0.639. The summed E-state index contributed by atoms with van der Waals surface area (Å²) in [4.78, 5) is 0. The molecule has 13 heavy (non-hydrogen) atoms. The van der Waals surface area contributed by atoms with Crippen LogP contribution in [-0.4, -0.2) is 38.9 Å². The highest BCUT2D eigenvalue weighted by atomic mass is 16.5. The van der Waals surface area contributed by atoms with Gasteiger partial charge in [-0.3, -0.25) is 0 Å². The lowest BCUT2D eigenvalue weighted by molar-refractivity contribution is 0.141. The van der Waals surface area contributed by atoms with Gasteiger partial charge in [0.15, 0.2) is 0 Å². The van der Waals surface area contributed by atoms with Crippen LogP contribution < -0.4 is 10.6 Å². The lowest BCUT2D eigenvalue weighted by atomic mass is 10.0. The van der Waals surface area contributed by atoms with Gasteiger partial charge in [0.25, 0.3) is 0 Å². The molecule has 0 aromatic rings. The van der Waals surface area contributed by atoms with Gasteiger partial charge in [-0.25, -0.2) is 0 Å². The molecule has 2 atom stereocenters. The Balaban J connectivity index is 2.27. The summed E-state index contributed by atoms with van der Waals surface area (Å²) < 4.78 is 5.19. The Hall–Kier alpha value is -0.120. The SMILES string of the molecule is COCC(NC1CCNC1)C(C)C. The van der Waals surface area contributed by atoms with E-state index in [0.717, 1.165) is 19.7 Å². The van der Waals surface area contributed by atoms with Crippen molar-refractivity contribution in [3.05, 3.63) is 0 Å². The van der Waals surface area contributed by atoms with Crippen molar-refractivity contribution in [3.63, 3.8) is 0 Å². The molecule has 0 radical (unpaired) electrons. The molecule has 1 aliphatic heterocycles. The zero-order chi connectivity index (χ0) is 9.68. The summed E-state index contributed by atoms with van der Waals surface area (Å²) in [5.41, 5.74) is 0. The maximum Gasteiger partial charge on any atom is 0.0618 e. The topological polar surface area (TPSA) is 33.3 Å². The maximum atomic E-state index is 5.19. The van der Waals surface area contributed by atoms with E-state index in [9.17, 15) is 0 Å². The average molecular weight is 186 g/mol. The van der Waals surface area contributed by atoms with E-state index in [1.807, 2.05) is 0 Å². The van der Waals surface area contributed by atoms with Crippen molar-refractivity contribution in [1.29, 1.82) is 0 Å². The van der Waals surface area contributed by atoms with Crippen LogP contribution >= 0.6 is 0 Å². The van der Waals surface area contributed by atoms with Gasteiger partial charge in [-0.1, -0.05) is 13.8 Å². The maximum absolute atomic E-state index is 5.19. The smallest absolute Gasteiger partial charge is 0.0618 e. The Morgan fingerprint density at radius 3 is 2.77 bits per heavy atom. The molecule has 1 saturated heterocycles. The number of hydrogen-bond acceptors (Lipinski definition) is 3. The predicted molar refractivity (Wildman–Crippen MR) is 54.9 cm³/mol. The largest absolute Gasteiger partial charge is 0.383 e. The van der Waals surface area contributed by atoms with E-state index in [2.05, 4.69) is 24.5 Å². The van der Waals surface area contributed by atoms with E-state index in [4.69, 9.17) is 4.74 Å². The van der Waals surface area contributed by atoms with Crippen LogP contribution in [0.5, 0.6) is 0 Å². The number of ether oxygens (including phenoxy) is 1. The highest BCUT2D eigenvalue weighted by Crippen LogP contribution is 2.06. The Kier molecular flexibility index (Phi) is 4.70. The minimum absolute atomic E-state index is 0.495. The van der Waals surface area contributed by atoms with E-state index in [-0.39, 0.29) is 0 Å². The number of hydrogen-bond donors (Lipinski definition) is 2. The van der Waals surface area contributed by atoms with Crippen LogP contribution in [0.4, 0.5) is 0 Å². The van der Waals surface area contributed by atoms with Gasteiger partial charge in [-0.15, -0.1) is 0 Å². The second-order valence-corrected chi connectivity index (χ2v) is 4.16. The summed E-state index contributed by atoms with van der Waals surface area (Å²) in [7, 11) is 1.77. The van der Waals surface area contributed by atoms with Crippen molar-refractivity contribution in [3.8, 4) is 0 Å². The molecule has 1 aliphatic rings. The summed E-state index contributed by atoms with van der Waals surface area (Å²) in [6.45, 7) is 7.54. The molecule has 1 rings (SSSR count). The van der Waals surface area contributed by atoms with Crippen molar-refractivity contribution >= 4 is 0 Å². The van der Waals surface area contributed by atoms with Crippen LogP contribution in [-0.2, 0) is 4.74 Å². The van der Waals surface area contributed by atoms with Gasteiger partial charge < -0.3 is 15.4 Å². The predicted octanol–water partition coefficient (Wildman–Crippen LogP) is 0.609. The fourth-order valence-corrected chi connectivity index (χ4v) is 1.71. The molecule has 0 bridgehead atoms. The second kappa shape index (κ2) is 5.58. The lowest BCUT2D eigenvalue weighted by Gasteiger charge is -2.25. The molecule has 78 valence electrons. The first-order valence-corrected chi connectivity index (χ1v) is 5.19. The Morgan fingerprint density at radius 2 is 2.31 bits per heavy atom. The summed E-state index contributed by atoms with van der Waals surface area (Å²) in [6, 6.07) is 1.14. The lowest BCUT2D eigenvalue weighted by Crippen LogP contribution is -2.45. The minimum atomic E-state index is 0.495. The molecule has 0 spiro atoms. The first-order valence-electron chi connectivity index (χ1n) is 5.19. The van der Waals surface area contributed by atoms with Crippen molar-refractivity contribution in [2.45, 2.75) is 32.4 Å². The van der Waals surface area contributed by atoms with Gasteiger partial charge in [0.2, 0.25) is 0 Å². The zero-order valence-corrected chi connectivity index (χ0v) is 8.97.